The molecular formula is C40H26N12. The van der Waals surface area contributed by atoms with Gasteiger partial charge in [-0.3, -0.25) is 17.9 Å². The van der Waals surface area contributed by atoms with Crippen LogP contribution in [-0.4, -0.2) is 57.8 Å². The summed E-state index contributed by atoms with van der Waals surface area (Å²) in [6.07, 6.45) is 7.24. The molecule has 0 bridgehead atoms. The molecule has 0 saturated carbocycles. The zero-order valence-electron chi connectivity index (χ0n) is 27.5. The molecule has 5 aromatic carbocycles. The van der Waals surface area contributed by atoms with Crippen LogP contribution in [0.15, 0.2) is 135 Å². The van der Waals surface area contributed by atoms with Crippen molar-refractivity contribution in [2.45, 2.75) is 12.8 Å². The fourth-order valence-corrected chi connectivity index (χ4v) is 7.58. The molecule has 6 heterocycles. The van der Waals surface area contributed by atoms with Gasteiger partial charge in [0.2, 0.25) is 11.6 Å². The zero-order valence-corrected chi connectivity index (χ0v) is 27.5. The average Bonchev–Trinajstić information content (AvgIpc) is 3.93. The van der Waals surface area contributed by atoms with Crippen LogP contribution in [0, 0.1) is 0 Å². The van der Waals surface area contributed by atoms with Crippen molar-refractivity contribution in [1.82, 2.24) is 57.8 Å². The Hall–Kier alpha value is -7.34. The van der Waals surface area contributed by atoms with Crippen molar-refractivity contribution in [3.63, 3.8) is 0 Å². The standard InChI is InChI=1S/C40H26N12/c1-3-14-31-29(12-1)49(39-47-37-25(8-5-16-33(37)51(31)39)18-35-43-21-41-22-44-35)27-10-7-11-28(20-27)50-30-13-2-4-15-32(30)52-34-17-6-9-26(38(34)48-40(50)52)19-36-45-23-42-24-46-36/h1-17,20-24H,18-19H2. The fourth-order valence-electron chi connectivity index (χ4n) is 7.58. The molecule has 0 N–H and O–H groups in total. The lowest BCUT2D eigenvalue weighted by Gasteiger charge is -2.10. The predicted octanol–water partition coefficient (Wildman–Crippen LogP) is 6.73. The minimum absolute atomic E-state index is 0.556. The number of aromatic nitrogens is 12. The van der Waals surface area contributed by atoms with E-state index in [1.54, 1.807) is 0 Å². The molecule has 52 heavy (non-hydrogen) atoms. The molecule has 0 radical (unpaired) electrons. The molecule has 0 fully saturated rings. The van der Waals surface area contributed by atoms with Gasteiger partial charge in [-0.25, -0.2) is 39.9 Å². The van der Waals surface area contributed by atoms with Crippen LogP contribution in [0.4, 0.5) is 0 Å². The van der Waals surface area contributed by atoms with Gasteiger partial charge in [0.25, 0.3) is 0 Å². The molecule has 11 aromatic rings. The second-order valence-corrected chi connectivity index (χ2v) is 12.7. The number of benzene rings is 5. The largest absolute Gasteiger partial charge is 0.278 e. The molecule has 12 heteroatoms. The summed E-state index contributed by atoms with van der Waals surface area (Å²) < 4.78 is 8.96. The van der Waals surface area contributed by atoms with Gasteiger partial charge in [-0.2, -0.15) is 0 Å². The number of hydrogen-bond donors (Lipinski definition) is 0. The van der Waals surface area contributed by atoms with E-state index in [-0.39, 0.29) is 0 Å². The normalized spacial score (nSPS) is 12.0. The second kappa shape index (κ2) is 11.1. The number of rotatable bonds is 6. The monoisotopic (exact) mass is 674 g/mol. The van der Waals surface area contributed by atoms with E-state index in [4.69, 9.17) is 9.97 Å². The molecule has 0 spiro atoms. The van der Waals surface area contributed by atoms with Crippen molar-refractivity contribution in [1.29, 1.82) is 0 Å². The molecule has 246 valence electrons. The Balaban J connectivity index is 1.12. The van der Waals surface area contributed by atoms with Crippen molar-refractivity contribution in [3.05, 3.63) is 157 Å². The zero-order chi connectivity index (χ0) is 34.2. The highest BCUT2D eigenvalue weighted by molar-refractivity contribution is 5.95. The van der Waals surface area contributed by atoms with Crippen LogP contribution in [0.3, 0.4) is 0 Å². The number of hydrogen-bond acceptors (Lipinski definition) is 8. The molecule has 0 unspecified atom stereocenters. The van der Waals surface area contributed by atoms with Crippen LogP contribution < -0.4 is 0 Å². The Kier molecular flexibility index (Phi) is 6.07. The molecule has 0 atom stereocenters. The molecule has 12 nitrogen and oxygen atoms in total. The molecule has 0 aliphatic carbocycles. The third-order valence-electron chi connectivity index (χ3n) is 9.77. The van der Waals surface area contributed by atoms with Crippen molar-refractivity contribution < 1.29 is 0 Å². The highest BCUT2D eigenvalue weighted by Crippen LogP contribution is 2.34. The maximum absolute atomic E-state index is 5.31. The Morgan fingerprint density at radius 2 is 0.808 bits per heavy atom. The van der Waals surface area contributed by atoms with Crippen LogP contribution >= 0.6 is 0 Å². The lowest BCUT2D eigenvalue weighted by atomic mass is 10.1. The third kappa shape index (κ3) is 4.21. The quantitative estimate of drug-likeness (QED) is 0.190. The molecule has 0 aliphatic rings. The van der Waals surface area contributed by atoms with Gasteiger partial charge in [-0.1, -0.05) is 54.6 Å². The van der Waals surface area contributed by atoms with Gasteiger partial charge >= 0.3 is 0 Å². The second-order valence-electron chi connectivity index (χ2n) is 12.7. The van der Waals surface area contributed by atoms with Gasteiger partial charge in [-0.05, 0) is 65.7 Å². The highest BCUT2D eigenvalue weighted by Gasteiger charge is 2.22. The highest BCUT2D eigenvalue weighted by atomic mass is 15.2. The summed E-state index contributed by atoms with van der Waals surface area (Å²) >= 11 is 0. The van der Waals surface area contributed by atoms with E-state index < -0.39 is 0 Å². The van der Waals surface area contributed by atoms with Gasteiger partial charge in [-0.15, -0.1) is 0 Å². The summed E-state index contributed by atoms with van der Waals surface area (Å²) in [7, 11) is 0. The molecule has 0 aliphatic heterocycles. The summed E-state index contributed by atoms with van der Waals surface area (Å²) in [6, 6.07) is 38.1. The molecule has 0 amide bonds. The van der Waals surface area contributed by atoms with Gasteiger partial charge in [0, 0.05) is 12.8 Å². The first-order chi connectivity index (χ1) is 25.8. The van der Waals surface area contributed by atoms with Crippen LogP contribution in [0.1, 0.15) is 22.8 Å². The lowest BCUT2D eigenvalue weighted by molar-refractivity contribution is 0.920. The van der Waals surface area contributed by atoms with Crippen LogP contribution in [0.25, 0.3) is 67.1 Å². The molecule has 0 saturated heterocycles. The number of imidazole rings is 4. The summed E-state index contributed by atoms with van der Waals surface area (Å²) in [4.78, 5) is 36.1. The Bertz CT molecular complexity index is 2930. The van der Waals surface area contributed by atoms with Gasteiger partial charge < -0.3 is 0 Å². The Morgan fingerprint density at radius 3 is 1.27 bits per heavy atom. The van der Waals surface area contributed by atoms with E-state index in [9.17, 15) is 0 Å². The van der Waals surface area contributed by atoms with E-state index in [2.05, 4.69) is 157 Å². The predicted molar refractivity (Wildman–Crippen MR) is 198 cm³/mol. The SMILES string of the molecule is c1cc(-n2c3ccccc3n3c4cccc(Cc5ncncn5)c4nc23)cc(-n2c3ccccc3n3c4cccc(Cc5ncncn5)c4nc23)c1. The van der Waals surface area contributed by atoms with Crippen molar-refractivity contribution in [3.8, 4) is 11.4 Å². The Labute approximate surface area is 294 Å². The fraction of sp³-hybridized carbons (Fsp3) is 0.0500. The number of fused-ring (bicyclic) bond motifs is 10. The molecule has 6 aromatic heterocycles. The van der Waals surface area contributed by atoms with Crippen LogP contribution in [-0.2, 0) is 12.8 Å². The summed E-state index contributed by atoms with van der Waals surface area (Å²) in [5.74, 6) is 3.06. The van der Waals surface area contributed by atoms with Crippen molar-refractivity contribution >= 4 is 55.7 Å². The van der Waals surface area contributed by atoms with E-state index in [1.165, 1.54) is 25.3 Å². The van der Waals surface area contributed by atoms with Crippen LogP contribution in [0.2, 0.25) is 0 Å². The van der Waals surface area contributed by atoms with E-state index in [0.29, 0.717) is 24.5 Å². The van der Waals surface area contributed by atoms with Gasteiger partial charge in [0.05, 0.1) is 55.5 Å². The van der Waals surface area contributed by atoms with E-state index in [0.717, 1.165) is 78.2 Å². The Morgan fingerprint density at radius 1 is 0.404 bits per heavy atom. The minimum atomic E-state index is 0.556. The van der Waals surface area contributed by atoms with Crippen molar-refractivity contribution in [2.75, 3.05) is 0 Å². The molecular weight excluding hydrogens is 649 g/mol. The first kappa shape index (κ1) is 28.5. The number of para-hydroxylation sites is 6. The topological polar surface area (TPSA) is 122 Å². The first-order valence-corrected chi connectivity index (χ1v) is 16.9. The summed E-state index contributed by atoms with van der Waals surface area (Å²) in [5, 5.41) is 0. The maximum Gasteiger partial charge on any atom is 0.220 e. The average molecular weight is 675 g/mol. The van der Waals surface area contributed by atoms with Crippen molar-refractivity contribution in [2.24, 2.45) is 0 Å². The summed E-state index contributed by atoms with van der Waals surface area (Å²) in [5.41, 5.74) is 12.2. The van der Waals surface area contributed by atoms with E-state index in [1.807, 2.05) is 0 Å². The number of nitrogens with zero attached hydrogens (tertiary/aromatic N) is 12. The maximum atomic E-state index is 5.31. The molecule has 11 rings (SSSR count). The van der Waals surface area contributed by atoms with E-state index >= 15 is 0 Å². The van der Waals surface area contributed by atoms with Gasteiger partial charge in [0.15, 0.2) is 0 Å². The van der Waals surface area contributed by atoms with Crippen LogP contribution in [0.5, 0.6) is 0 Å². The summed E-state index contributed by atoms with van der Waals surface area (Å²) in [6.45, 7) is 0. The first-order valence-electron chi connectivity index (χ1n) is 16.9. The minimum Gasteiger partial charge on any atom is -0.278 e. The van der Waals surface area contributed by atoms with Gasteiger partial charge in [0.1, 0.15) is 37.0 Å². The smallest absolute Gasteiger partial charge is 0.220 e. The lowest BCUT2D eigenvalue weighted by Crippen LogP contribution is -2.00. The third-order valence-corrected chi connectivity index (χ3v) is 9.77.